The third-order valence-electron chi connectivity index (χ3n) is 4.97. The summed E-state index contributed by atoms with van der Waals surface area (Å²) < 4.78 is 0. The minimum Gasteiger partial charge on any atom is -0.363 e. The topological polar surface area (TPSA) is 52.8 Å². The Labute approximate surface area is 127 Å². The lowest BCUT2D eigenvalue weighted by Crippen LogP contribution is -2.45. The predicted octanol–water partition coefficient (Wildman–Crippen LogP) is 3.82. The average molecular weight is 284 g/mol. The zero-order chi connectivity index (χ0) is 14.5. The van der Waals surface area contributed by atoms with Crippen molar-refractivity contribution >= 4 is 5.69 Å². The third-order valence-corrected chi connectivity index (χ3v) is 4.97. The summed E-state index contributed by atoms with van der Waals surface area (Å²) in [5.41, 5.74) is 1.12. The third kappa shape index (κ3) is 3.34. The second-order valence-corrected chi connectivity index (χ2v) is 6.37. The summed E-state index contributed by atoms with van der Waals surface area (Å²) in [6.45, 7) is 0. The molecule has 0 atom stereocenters. The van der Waals surface area contributed by atoms with E-state index in [1.165, 1.54) is 64.2 Å². The molecule has 2 aliphatic rings. The van der Waals surface area contributed by atoms with Gasteiger partial charge in [0, 0.05) is 12.1 Å². The Bertz CT molecular complexity index is 461. The van der Waals surface area contributed by atoms with Crippen LogP contribution in [0.5, 0.6) is 0 Å². The summed E-state index contributed by atoms with van der Waals surface area (Å²) in [4.78, 5) is 11.0. The van der Waals surface area contributed by atoms with Crippen LogP contribution in [0.25, 0.3) is 0 Å². The Morgan fingerprint density at radius 3 is 1.76 bits per heavy atom. The number of nitrogens with zero attached hydrogens (tertiary/aromatic N) is 4. The molecule has 0 radical (unpaired) electrons. The first kappa shape index (κ1) is 14.3. The van der Waals surface area contributed by atoms with E-state index in [4.69, 9.17) is 5.26 Å². The van der Waals surface area contributed by atoms with Crippen molar-refractivity contribution in [2.24, 2.45) is 0 Å². The molecule has 0 N–H and O–H groups in total. The SMILES string of the molecule is N#Cc1ncc(N(C2CCCCC2)C2CCCCC2)cn1. The first-order chi connectivity index (χ1) is 10.4. The van der Waals surface area contributed by atoms with Crippen LogP contribution in [-0.4, -0.2) is 22.1 Å². The largest absolute Gasteiger partial charge is 0.363 e. The number of hydrogen-bond donors (Lipinski definition) is 0. The Hall–Kier alpha value is -1.63. The Morgan fingerprint density at radius 1 is 0.857 bits per heavy atom. The summed E-state index contributed by atoms with van der Waals surface area (Å²) in [7, 11) is 0. The standard InChI is InChI=1S/C17H24N4/c18-11-17-19-12-16(13-20-17)21(14-7-3-1-4-8-14)15-9-5-2-6-10-15/h12-15H,1-10H2. The van der Waals surface area contributed by atoms with Gasteiger partial charge in [0.05, 0.1) is 18.1 Å². The molecule has 0 aromatic carbocycles. The molecule has 1 heterocycles. The quantitative estimate of drug-likeness (QED) is 0.846. The molecule has 2 saturated carbocycles. The molecule has 0 aliphatic heterocycles. The van der Waals surface area contributed by atoms with Crippen LogP contribution >= 0.6 is 0 Å². The van der Waals surface area contributed by atoms with Gasteiger partial charge >= 0.3 is 0 Å². The van der Waals surface area contributed by atoms with E-state index in [9.17, 15) is 0 Å². The van der Waals surface area contributed by atoms with Gasteiger partial charge in [0.15, 0.2) is 0 Å². The molecule has 4 nitrogen and oxygen atoms in total. The lowest BCUT2D eigenvalue weighted by atomic mass is 9.88. The maximum Gasteiger partial charge on any atom is 0.232 e. The Morgan fingerprint density at radius 2 is 1.33 bits per heavy atom. The monoisotopic (exact) mass is 284 g/mol. The van der Waals surface area contributed by atoms with Gasteiger partial charge in [-0.05, 0) is 25.7 Å². The molecule has 0 unspecified atom stereocenters. The Balaban J connectivity index is 1.84. The van der Waals surface area contributed by atoms with Crippen molar-refractivity contribution in [3.05, 3.63) is 18.2 Å². The van der Waals surface area contributed by atoms with E-state index in [0.717, 1.165) is 5.69 Å². The van der Waals surface area contributed by atoms with Gasteiger partial charge in [0.25, 0.3) is 0 Å². The zero-order valence-electron chi connectivity index (χ0n) is 12.7. The zero-order valence-corrected chi connectivity index (χ0v) is 12.7. The van der Waals surface area contributed by atoms with E-state index in [-0.39, 0.29) is 5.82 Å². The van der Waals surface area contributed by atoms with E-state index < -0.39 is 0 Å². The number of hydrogen-bond acceptors (Lipinski definition) is 4. The lowest BCUT2D eigenvalue weighted by molar-refractivity contribution is 0.339. The molecule has 1 aromatic heterocycles. The molecule has 0 saturated heterocycles. The number of rotatable bonds is 3. The van der Waals surface area contributed by atoms with Gasteiger partial charge in [0.1, 0.15) is 6.07 Å². The van der Waals surface area contributed by atoms with Gasteiger partial charge in [-0.1, -0.05) is 38.5 Å². The summed E-state index contributed by atoms with van der Waals surface area (Å²) in [5, 5.41) is 8.88. The van der Waals surface area contributed by atoms with Crippen molar-refractivity contribution in [2.45, 2.75) is 76.3 Å². The molecule has 0 bridgehead atoms. The van der Waals surface area contributed by atoms with Gasteiger partial charge in [-0.15, -0.1) is 0 Å². The van der Waals surface area contributed by atoms with Crippen LogP contribution in [0.15, 0.2) is 12.4 Å². The average Bonchev–Trinajstić information content (AvgIpc) is 2.58. The van der Waals surface area contributed by atoms with Crippen LogP contribution in [0.1, 0.15) is 70.0 Å². The minimum atomic E-state index is 0.269. The van der Waals surface area contributed by atoms with Crippen LogP contribution in [0.2, 0.25) is 0 Å². The smallest absolute Gasteiger partial charge is 0.232 e. The second-order valence-electron chi connectivity index (χ2n) is 6.37. The van der Waals surface area contributed by atoms with Crippen molar-refractivity contribution in [1.29, 1.82) is 5.26 Å². The van der Waals surface area contributed by atoms with Gasteiger partial charge in [-0.2, -0.15) is 5.26 Å². The van der Waals surface area contributed by atoms with Gasteiger partial charge < -0.3 is 4.90 Å². The molecular weight excluding hydrogens is 260 g/mol. The molecule has 112 valence electrons. The van der Waals surface area contributed by atoms with Crippen LogP contribution in [-0.2, 0) is 0 Å². The first-order valence-electron chi connectivity index (χ1n) is 8.39. The van der Waals surface area contributed by atoms with Crippen LogP contribution in [0, 0.1) is 11.3 Å². The molecule has 0 spiro atoms. The molecular formula is C17H24N4. The van der Waals surface area contributed by atoms with E-state index in [0.29, 0.717) is 12.1 Å². The first-order valence-corrected chi connectivity index (χ1v) is 8.39. The highest BCUT2D eigenvalue weighted by Crippen LogP contribution is 2.33. The van der Waals surface area contributed by atoms with Crippen molar-refractivity contribution in [2.75, 3.05) is 4.90 Å². The van der Waals surface area contributed by atoms with E-state index in [1.807, 2.05) is 18.5 Å². The van der Waals surface area contributed by atoms with Crippen molar-refractivity contribution in [1.82, 2.24) is 9.97 Å². The summed E-state index contributed by atoms with van der Waals surface area (Å²) in [6.07, 6.45) is 17.0. The highest BCUT2D eigenvalue weighted by Gasteiger charge is 2.29. The molecule has 2 fully saturated rings. The summed E-state index contributed by atoms with van der Waals surface area (Å²) >= 11 is 0. The maximum absolute atomic E-state index is 8.88. The molecule has 21 heavy (non-hydrogen) atoms. The number of anilines is 1. The van der Waals surface area contributed by atoms with Gasteiger partial charge in [0.2, 0.25) is 5.82 Å². The molecule has 3 rings (SSSR count). The fourth-order valence-corrected chi connectivity index (χ4v) is 3.95. The number of nitriles is 1. The normalized spacial score (nSPS) is 20.9. The second kappa shape index (κ2) is 6.89. The van der Waals surface area contributed by atoms with Gasteiger partial charge in [-0.25, -0.2) is 9.97 Å². The molecule has 0 amide bonds. The molecule has 2 aliphatic carbocycles. The van der Waals surface area contributed by atoms with E-state index in [1.54, 1.807) is 0 Å². The van der Waals surface area contributed by atoms with Crippen molar-refractivity contribution in [3.8, 4) is 6.07 Å². The van der Waals surface area contributed by atoms with Gasteiger partial charge in [-0.3, -0.25) is 0 Å². The molecule has 4 heteroatoms. The van der Waals surface area contributed by atoms with Crippen LogP contribution < -0.4 is 4.90 Å². The fourth-order valence-electron chi connectivity index (χ4n) is 3.95. The summed E-state index contributed by atoms with van der Waals surface area (Å²) in [5.74, 6) is 0.269. The lowest BCUT2D eigenvalue weighted by Gasteiger charge is -2.43. The number of aromatic nitrogens is 2. The maximum atomic E-state index is 8.88. The van der Waals surface area contributed by atoms with Crippen molar-refractivity contribution < 1.29 is 0 Å². The highest BCUT2D eigenvalue weighted by molar-refractivity contribution is 5.45. The Kier molecular flexibility index (Phi) is 4.69. The fraction of sp³-hybridized carbons (Fsp3) is 0.706. The van der Waals surface area contributed by atoms with Crippen LogP contribution in [0.3, 0.4) is 0 Å². The predicted molar refractivity (Wildman–Crippen MR) is 83.0 cm³/mol. The summed E-state index contributed by atoms with van der Waals surface area (Å²) in [6, 6.07) is 3.29. The van der Waals surface area contributed by atoms with Crippen molar-refractivity contribution in [3.63, 3.8) is 0 Å². The van der Waals surface area contributed by atoms with E-state index in [2.05, 4.69) is 14.9 Å². The van der Waals surface area contributed by atoms with E-state index >= 15 is 0 Å². The van der Waals surface area contributed by atoms with Crippen LogP contribution in [0.4, 0.5) is 5.69 Å². The molecule has 1 aromatic rings. The minimum absolute atomic E-state index is 0.269. The highest BCUT2D eigenvalue weighted by atomic mass is 15.2.